The number of amides is 2. The highest BCUT2D eigenvalue weighted by atomic mass is 16.6. The van der Waals surface area contributed by atoms with Crippen LogP contribution in [0.25, 0.3) is 22.4 Å². The van der Waals surface area contributed by atoms with E-state index in [1.54, 1.807) is 39.1 Å². The molecule has 2 amide bonds. The van der Waals surface area contributed by atoms with Crippen LogP contribution in [0, 0.1) is 0 Å². The summed E-state index contributed by atoms with van der Waals surface area (Å²) in [5.41, 5.74) is 5.74. The number of H-pyrrole nitrogens is 1. The number of aromatic nitrogens is 3. The summed E-state index contributed by atoms with van der Waals surface area (Å²) in [5, 5.41) is 5.39. The summed E-state index contributed by atoms with van der Waals surface area (Å²) in [6, 6.07) is 17.1. The Labute approximate surface area is 273 Å². The number of aryl methyl sites for hydroxylation is 1. The van der Waals surface area contributed by atoms with Crippen molar-refractivity contribution in [3.8, 4) is 22.4 Å². The number of hydrogen-bond donors (Lipinski definition) is 3. The van der Waals surface area contributed by atoms with Gasteiger partial charge in [-0.05, 0) is 61.9 Å². The molecule has 11 nitrogen and oxygen atoms in total. The van der Waals surface area contributed by atoms with Gasteiger partial charge in [0.1, 0.15) is 17.2 Å². The Morgan fingerprint density at radius 2 is 1.66 bits per heavy atom. The van der Waals surface area contributed by atoms with Crippen LogP contribution in [0.2, 0.25) is 0 Å². The number of ketones is 2. The van der Waals surface area contributed by atoms with Gasteiger partial charge in [-0.3, -0.25) is 9.59 Å². The molecule has 3 atom stereocenters. The van der Waals surface area contributed by atoms with Crippen LogP contribution >= 0.6 is 0 Å². The maximum Gasteiger partial charge on any atom is 0.408 e. The normalized spacial score (nSPS) is 18.9. The summed E-state index contributed by atoms with van der Waals surface area (Å²) in [6.45, 7) is 5.76. The zero-order valence-electron chi connectivity index (χ0n) is 27.0. The molecule has 0 radical (unpaired) electrons. The number of imidazole rings is 1. The molecule has 0 spiro atoms. The molecule has 6 rings (SSSR count). The van der Waals surface area contributed by atoms with Crippen molar-refractivity contribution in [1.82, 2.24) is 25.2 Å². The van der Waals surface area contributed by atoms with Gasteiger partial charge in [0, 0.05) is 42.4 Å². The van der Waals surface area contributed by atoms with Gasteiger partial charge < -0.3 is 29.7 Å². The second-order valence-corrected chi connectivity index (χ2v) is 13.1. The zero-order chi connectivity index (χ0) is 33.3. The molecule has 11 heteroatoms. The predicted octanol–water partition coefficient (Wildman–Crippen LogP) is 5.76. The lowest BCUT2D eigenvalue weighted by Crippen LogP contribution is -2.44. The molecule has 2 aromatic heterocycles. The van der Waals surface area contributed by atoms with E-state index >= 15 is 0 Å². The lowest BCUT2D eigenvalue weighted by Gasteiger charge is -2.31. The number of ether oxygens (including phenoxy) is 2. The van der Waals surface area contributed by atoms with E-state index in [2.05, 4.69) is 26.3 Å². The second-order valence-electron chi connectivity index (χ2n) is 13.1. The zero-order valence-corrected chi connectivity index (χ0v) is 27.0. The molecule has 2 aromatic carbocycles. The fraction of sp³-hybridized carbons (Fsp3) is 0.361. The molecule has 4 aromatic rings. The molecule has 0 saturated heterocycles. The van der Waals surface area contributed by atoms with Gasteiger partial charge in [-0.1, -0.05) is 48.5 Å². The van der Waals surface area contributed by atoms with E-state index < -0.39 is 23.7 Å². The van der Waals surface area contributed by atoms with Crippen molar-refractivity contribution in [3.05, 3.63) is 89.6 Å². The third-order valence-electron chi connectivity index (χ3n) is 8.73. The monoisotopic (exact) mass is 637 g/mol. The maximum atomic E-state index is 13.7. The summed E-state index contributed by atoms with van der Waals surface area (Å²) in [5.74, 6) is 0.0666. The summed E-state index contributed by atoms with van der Waals surface area (Å²) in [4.78, 5) is 58.3. The first-order chi connectivity index (χ1) is 22.5. The summed E-state index contributed by atoms with van der Waals surface area (Å²) in [6.07, 6.45) is 4.47. The van der Waals surface area contributed by atoms with Crippen LogP contribution in [0.15, 0.2) is 67.0 Å². The number of alkyl carbamates (subject to hydrolysis) is 2. The molecule has 47 heavy (non-hydrogen) atoms. The van der Waals surface area contributed by atoms with Crippen LogP contribution in [-0.4, -0.2) is 63.6 Å². The molecule has 0 saturated carbocycles. The lowest BCUT2D eigenvalue weighted by atomic mass is 9.79. The third kappa shape index (κ3) is 6.98. The molecule has 0 bridgehead atoms. The number of rotatable bonds is 7. The highest BCUT2D eigenvalue weighted by Gasteiger charge is 2.41. The Morgan fingerprint density at radius 3 is 2.34 bits per heavy atom. The first kappa shape index (κ1) is 31.8. The van der Waals surface area contributed by atoms with Crippen molar-refractivity contribution < 1.29 is 28.7 Å². The quantitative estimate of drug-likeness (QED) is 0.219. The van der Waals surface area contributed by atoms with E-state index in [4.69, 9.17) is 14.5 Å². The Hall–Kier alpha value is -5.19. The summed E-state index contributed by atoms with van der Waals surface area (Å²) >= 11 is 0. The first-order valence-electron chi connectivity index (χ1n) is 15.8. The molecule has 244 valence electrons. The van der Waals surface area contributed by atoms with Crippen molar-refractivity contribution >= 4 is 23.8 Å². The number of methoxy groups -OCH3 is 1. The molecular weight excluding hydrogens is 598 g/mol. The van der Waals surface area contributed by atoms with Crippen LogP contribution in [0.4, 0.5) is 9.59 Å². The average Bonchev–Trinajstić information content (AvgIpc) is 3.67. The van der Waals surface area contributed by atoms with Crippen LogP contribution in [0.3, 0.4) is 0 Å². The largest absolute Gasteiger partial charge is 0.453 e. The van der Waals surface area contributed by atoms with E-state index in [1.807, 2.05) is 42.6 Å². The topological polar surface area (TPSA) is 144 Å². The fourth-order valence-corrected chi connectivity index (χ4v) is 6.50. The molecule has 0 fully saturated rings. The second kappa shape index (κ2) is 12.9. The number of Topliss-reactive ketones (excluding diaryl/α,β-unsaturated/α-hetero) is 2. The van der Waals surface area contributed by atoms with Gasteiger partial charge >= 0.3 is 12.2 Å². The fourth-order valence-electron chi connectivity index (χ4n) is 6.50. The Balaban J connectivity index is 1.12. The Kier molecular flexibility index (Phi) is 8.72. The van der Waals surface area contributed by atoms with Crippen LogP contribution in [0.5, 0.6) is 0 Å². The summed E-state index contributed by atoms with van der Waals surface area (Å²) < 4.78 is 12.2. The van der Waals surface area contributed by atoms with Crippen LogP contribution in [0.1, 0.15) is 72.9 Å². The minimum Gasteiger partial charge on any atom is -0.453 e. The molecule has 3 heterocycles. The average molecular weight is 638 g/mol. The predicted molar refractivity (Wildman–Crippen MR) is 175 cm³/mol. The van der Waals surface area contributed by atoms with E-state index in [-0.39, 0.29) is 30.1 Å². The van der Waals surface area contributed by atoms with E-state index in [1.165, 1.54) is 7.11 Å². The molecular formula is C36H39N5O6. The van der Waals surface area contributed by atoms with Gasteiger partial charge in [0.15, 0.2) is 5.78 Å². The van der Waals surface area contributed by atoms with E-state index in [0.29, 0.717) is 24.9 Å². The minimum absolute atomic E-state index is 0.0872. The molecule has 1 aliphatic carbocycles. The van der Waals surface area contributed by atoms with Gasteiger partial charge in [-0.2, -0.15) is 0 Å². The van der Waals surface area contributed by atoms with E-state index in [9.17, 15) is 19.2 Å². The van der Waals surface area contributed by atoms with Gasteiger partial charge in [0.2, 0.25) is 0 Å². The van der Waals surface area contributed by atoms with Crippen molar-refractivity contribution in [2.75, 3.05) is 13.7 Å². The van der Waals surface area contributed by atoms with Gasteiger partial charge in [-0.25, -0.2) is 14.6 Å². The Morgan fingerprint density at radius 1 is 0.979 bits per heavy atom. The smallest absolute Gasteiger partial charge is 0.408 e. The Bertz CT molecular complexity index is 1800. The highest BCUT2D eigenvalue weighted by Crippen LogP contribution is 2.40. The third-order valence-corrected chi connectivity index (χ3v) is 8.73. The van der Waals surface area contributed by atoms with Crippen molar-refractivity contribution in [1.29, 1.82) is 0 Å². The SMILES string of the molecule is COC(=O)N[C@H]1CCc2ccn3c2C1C(=O)C[C@H](c1ncc(-c2ccc(-c4ccc(C(=O)CNC(=O)OC(C)(C)C)cc4)cc2)[nH]1)C3. The number of nitrogens with one attached hydrogen (secondary N) is 3. The van der Waals surface area contributed by atoms with Gasteiger partial charge in [-0.15, -0.1) is 0 Å². The number of carbonyl (C=O) groups is 4. The lowest BCUT2D eigenvalue weighted by molar-refractivity contribution is -0.121. The van der Waals surface area contributed by atoms with Crippen LogP contribution in [-0.2, 0) is 27.2 Å². The molecule has 3 N–H and O–H groups in total. The van der Waals surface area contributed by atoms with Gasteiger partial charge in [0.25, 0.3) is 0 Å². The van der Waals surface area contributed by atoms with Crippen molar-refractivity contribution in [2.45, 2.75) is 70.1 Å². The number of carbonyl (C=O) groups excluding carboxylic acids is 4. The van der Waals surface area contributed by atoms with E-state index in [0.717, 1.165) is 45.9 Å². The maximum absolute atomic E-state index is 13.7. The van der Waals surface area contributed by atoms with Crippen LogP contribution < -0.4 is 10.6 Å². The highest BCUT2D eigenvalue weighted by molar-refractivity contribution is 5.99. The van der Waals surface area contributed by atoms with Gasteiger partial charge in [0.05, 0.1) is 31.5 Å². The number of nitrogens with zero attached hydrogens (tertiary/aromatic N) is 2. The molecule has 2 aliphatic rings. The number of hydrogen-bond acceptors (Lipinski definition) is 7. The summed E-state index contributed by atoms with van der Waals surface area (Å²) in [7, 11) is 1.33. The first-order valence-corrected chi connectivity index (χ1v) is 15.8. The number of benzene rings is 2. The minimum atomic E-state index is -0.635. The molecule has 1 unspecified atom stereocenters. The number of aromatic amines is 1. The standard InChI is InChI=1S/C36H39N5O6/c1-36(2,3)47-34(44)38-19-30(43)24-11-7-22(8-12-24)21-5-9-23(10-6-21)28-18-37-33(39-28)26-17-29(42)31-27(40-35(45)46-4)14-13-25-15-16-41(20-26)32(25)31/h5-12,15-16,18,26-27,31H,13-14,17,19-20H2,1-4H3,(H,37,39)(H,38,44)(H,40,45)/t26-,27-,31?/m0/s1. The van der Waals surface area contributed by atoms with Crippen molar-refractivity contribution in [3.63, 3.8) is 0 Å². The van der Waals surface area contributed by atoms with Crippen molar-refractivity contribution in [2.24, 2.45) is 0 Å². The molecule has 1 aliphatic heterocycles.